The molecule has 0 atom stereocenters. The Morgan fingerprint density at radius 2 is 1.71 bits per heavy atom. The van der Waals surface area contributed by atoms with Crippen molar-refractivity contribution in [3.8, 4) is 11.3 Å². The number of para-hydroxylation sites is 1. The number of rotatable bonds is 6. The second kappa shape index (κ2) is 7.93. The van der Waals surface area contributed by atoms with Gasteiger partial charge in [0.05, 0.1) is 11.4 Å². The highest BCUT2D eigenvalue weighted by Gasteiger charge is 2.08. The molecule has 0 amide bonds. The normalized spacial score (nSPS) is 10.4. The highest BCUT2D eigenvalue weighted by Crippen LogP contribution is 2.26. The van der Waals surface area contributed by atoms with E-state index in [-0.39, 0.29) is 0 Å². The predicted octanol–water partition coefficient (Wildman–Crippen LogP) is 5.47. The quantitative estimate of drug-likeness (QED) is 0.593. The molecule has 0 radical (unpaired) electrons. The maximum atomic E-state index is 4.67. The molecular weight excluding hydrogens is 364 g/mol. The van der Waals surface area contributed by atoms with Gasteiger partial charge in [0, 0.05) is 22.6 Å². The van der Waals surface area contributed by atoms with Gasteiger partial charge in [0.2, 0.25) is 5.95 Å². The van der Waals surface area contributed by atoms with E-state index in [1.165, 1.54) is 0 Å². The maximum Gasteiger partial charge on any atom is 0.229 e. The van der Waals surface area contributed by atoms with E-state index in [1.807, 2.05) is 60.7 Å². The largest absolute Gasteiger partial charge is 0.370 e. The van der Waals surface area contributed by atoms with Crippen LogP contribution in [-0.4, -0.2) is 16.5 Å². The molecule has 0 fully saturated rings. The number of anilines is 3. The van der Waals surface area contributed by atoms with Gasteiger partial charge < -0.3 is 10.6 Å². The summed E-state index contributed by atoms with van der Waals surface area (Å²) in [5.74, 6) is 1.39. The van der Waals surface area contributed by atoms with Crippen LogP contribution in [0.25, 0.3) is 11.3 Å². The Morgan fingerprint density at radius 3 is 2.46 bits per heavy atom. The lowest BCUT2D eigenvalue weighted by Crippen LogP contribution is -2.06. The summed E-state index contributed by atoms with van der Waals surface area (Å²) in [4.78, 5) is 9.24. The molecule has 1 aromatic heterocycles. The number of nitrogens with one attached hydrogen (secondary N) is 2. The Labute approximate surface area is 150 Å². The number of aromatic nitrogens is 2. The lowest BCUT2D eigenvalue weighted by molar-refractivity contribution is 0.966. The molecule has 0 bridgehead atoms. The zero-order valence-electron chi connectivity index (χ0n) is 13.5. The topological polar surface area (TPSA) is 49.8 Å². The molecule has 3 aromatic rings. The van der Waals surface area contributed by atoms with Crippen LogP contribution >= 0.6 is 15.9 Å². The minimum absolute atomic E-state index is 0.571. The van der Waals surface area contributed by atoms with E-state index >= 15 is 0 Å². The standard InChI is InChI=1S/C19H19BrN4/c1-2-12-21-18-13-17(14-8-4-3-5-9-14)23-19(24-18)22-16-11-7-6-10-15(16)20/h3-11,13H,2,12H2,1H3,(H2,21,22,23,24). The first-order valence-electron chi connectivity index (χ1n) is 7.96. The fourth-order valence-electron chi connectivity index (χ4n) is 2.29. The van der Waals surface area contributed by atoms with Gasteiger partial charge in [-0.3, -0.25) is 0 Å². The number of benzene rings is 2. The van der Waals surface area contributed by atoms with Crippen LogP contribution < -0.4 is 10.6 Å². The van der Waals surface area contributed by atoms with Crippen molar-refractivity contribution in [1.82, 2.24) is 9.97 Å². The van der Waals surface area contributed by atoms with E-state index in [0.29, 0.717) is 5.95 Å². The molecule has 4 nitrogen and oxygen atoms in total. The molecule has 0 aliphatic carbocycles. The summed E-state index contributed by atoms with van der Waals surface area (Å²) in [5, 5.41) is 6.63. The molecule has 1 heterocycles. The Morgan fingerprint density at radius 1 is 0.958 bits per heavy atom. The third kappa shape index (κ3) is 4.11. The fourth-order valence-corrected chi connectivity index (χ4v) is 2.67. The number of hydrogen-bond acceptors (Lipinski definition) is 4. The number of nitrogens with zero attached hydrogens (tertiary/aromatic N) is 2. The first-order valence-corrected chi connectivity index (χ1v) is 8.75. The molecule has 0 unspecified atom stereocenters. The molecule has 24 heavy (non-hydrogen) atoms. The van der Waals surface area contributed by atoms with Crippen molar-refractivity contribution < 1.29 is 0 Å². The summed E-state index contributed by atoms with van der Waals surface area (Å²) >= 11 is 3.54. The smallest absolute Gasteiger partial charge is 0.229 e. The van der Waals surface area contributed by atoms with Crippen LogP contribution in [0.4, 0.5) is 17.5 Å². The van der Waals surface area contributed by atoms with Crippen LogP contribution in [0.1, 0.15) is 13.3 Å². The SMILES string of the molecule is CCCNc1cc(-c2ccccc2)nc(Nc2ccccc2Br)n1. The highest BCUT2D eigenvalue weighted by atomic mass is 79.9. The van der Waals surface area contributed by atoms with Gasteiger partial charge in [0.15, 0.2) is 0 Å². The van der Waals surface area contributed by atoms with Gasteiger partial charge >= 0.3 is 0 Å². The molecule has 122 valence electrons. The van der Waals surface area contributed by atoms with E-state index in [0.717, 1.165) is 40.2 Å². The average molecular weight is 383 g/mol. The molecule has 0 saturated heterocycles. The molecule has 0 aliphatic heterocycles. The first-order chi connectivity index (χ1) is 11.8. The van der Waals surface area contributed by atoms with Gasteiger partial charge in [0.25, 0.3) is 0 Å². The molecule has 2 aromatic carbocycles. The van der Waals surface area contributed by atoms with E-state index < -0.39 is 0 Å². The molecule has 0 aliphatic rings. The zero-order chi connectivity index (χ0) is 16.8. The van der Waals surface area contributed by atoms with Crippen LogP contribution in [0.15, 0.2) is 65.1 Å². The van der Waals surface area contributed by atoms with Crippen molar-refractivity contribution in [2.75, 3.05) is 17.2 Å². The summed E-state index contributed by atoms with van der Waals surface area (Å²) in [6, 6.07) is 20.0. The Kier molecular flexibility index (Phi) is 5.43. The van der Waals surface area contributed by atoms with Gasteiger partial charge in [-0.25, -0.2) is 4.98 Å². The second-order valence-electron chi connectivity index (χ2n) is 5.36. The molecular formula is C19H19BrN4. The Bertz CT molecular complexity index is 805. The Balaban J connectivity index is 1.97. The first kappa shape index (κ1) is 16.5. The minimum Gasteiger partial charge on any atom is -0.370 e. The van der Waals surface area contributed by atoms with E-state index in [9.17, 15) is 0 Å². The lowest BCUT2D eigenvalue weighted by Gasteiger charge is -2.12. The van der Waals surface area contributed by atoms with Gasteiger partial charge in [-0.05, 0) is 34.5 Å². The van der Waals surface area contributed by atoms with Crippen molar-refractivity contribution in [3.05, 3.63) is 65.1 Å². The van der Waals surface area contributed by atoms with E-state index in [1.54, 1.807) is 0 Å². The van der Waals surface area contributed by atoms with Crippen LogP contribution in [0, 0.1) is 0 Å². The van der Waals surface area contributed by atoms with Gasteiger partial charge in [-0.2, -0.15) is 4.98 Å². The van der Waals surface area contributed by atoms with Crippen LogP contribution in [-0.2, 0) is 0 Å². The minimum atomic E-state index is 0.571. The highest BCUT2D eigenvalue weighted by molar-refractivity contribution is 9.10. The average Bonchev–Trinajstić information content (AvgIpc) is 2.62. The van der Waals surface area contributed by atoms with Crippen LogP contribution in [0.5, 0.6) is 0 Å². The van der Waals surface area contributed by atoms with Gasteiger partial charge in [0.1, 0.15) is 5.82 Å². The van der Waals surface area contributed by atoms with Crippen molar-refractivity contribution in [2.45, 2.75) is 13.3 Å². The van der Waals surface area contributed by atoms with Crippen LogP contribution in [0.3, 0.4) is 0 Å². The van der Waals surface area contributed by atoms with Crippen LogP contribution in [0.2, 0.25) is 0 Å². The summed E-state index contributed by atoms with van der Waals surface area (Å²) in [6.07, 6.45) is 1.04. The van der Waals surface area contributed by atoms with Crippen molar-refractivity contribution >= 4 is 33.4 Å². The third-order valence-electron chi connectivity index (χ3n) is 3.47. The van der Waals surface area contributed by atoms with Crippen molar-refractivity contribution in [2.24, 2.45) is 0 Å². The van der Waals surface area contributed by atoms with Gasteiger partial charge in [-0.15, -0.1) is 0 Å². The number of hydrogen-bond donors (Lipinski definition) is 2. The molecule has 3 rings (SSSR count). The maximum absolute atomic E-state index is 4.67. The third-order valence-corrected chi connectivity index (χ3v) is 4.16. The summed E-state index contributed by atoms with van der Waals surface area (Å²) < 4.78 is 0.974. The fraction of sp³-hybridized carbons (Fsp3) is 0.158. The monoisotopic (exact) mass is 382 g/mol. The van der Waals surface area contributed by atoms with E-state index in [2.05, 4.69) is 43.5 Å². The molecule has 5 heteroatoms. The summed E-state index contributed by atoms with van der Waals surface area (Å²) in [6.45, 7) is 3.01. The zero-order valence-corrected chi connectivity index (χ0v) is 15.0. The lowest BCUT2D eigenvalue weighted by atomic mass is 10.1. The van der Waals surface area contributed by atoms with Crippen molar-refractivity contribution in [3.63, 3.8) is 0 Å². The van der Waals surface area contributed by atoms with Gasteiger partial charge in [-0.1, -0.05) is 49.4 Å². The van der Waals surface area contributed by atoms with E-state index in [4.69, 9.17) is 0 Å². The molecule has 0 spiro atoms. The Hall–Kier alpha value is -2.40. The summed E-state index contributed by atoms with van der Waals surface area (Å²) in [5.41, 5.74) is 2.89. The molecule has 2 N–H and O–H groups in total. The van der Waals surface area contributed by atoms with Crippen molar-refractivity contribution in [1.29, 1.82) is 0 Å². The molecule has 0 saturated carbocycles. The predicted molar refractivity (Wildman–Crippen MR) is 104 cm³/mol. The second-order valence-corrected chi connectivity index (χ2v) is 6.21. The number of halogens is 1. The summed E-state index contributed by atoms with van der Waals surface area (Å²) in [7, 11) is 0.